The SMILES string of the molecule is CCN(CC)CC.O=C(O)c1cc(S)ccc1[N+](=O)[O-]. The largest absolute Gasteiger partial charge is 0.477 e. The van der Waals surface area contributed by atoms with E-state index in [9.17, 15) is 14.9 Å². The van der Waals surface area contributed by atoms with Gasteiger partial charge in [0.1, 0.15) is 5.56 Å². The van der Waals surface area contributed by atoms with Crippen LogP contribution in [-0.2, 0) is 0 Å². The third-order valence-corrected chi connectivity index (χ3v) is 3.03. The summed E-state index contributed by atoms with van der Waals surface area (Å²) in [5, 5.41) is 19.0. The normalized spacial score (nSPS) is 9.85. The molecule has 0 aliphatic carbocycles. The lowest BCUT2D eigenvalue weighted by Gasteiger charge is -2.13. The fourth-order valence-corrected chi connectivity index (χ4v) is 1.73. The lowest BCUT2D eigenvalue weighted by Crippen LogP contribution is -2.21. The molecule has 6 nitrogen and oxygen atoms in total. The molecule has 1 N–H and O–H groups in total. The van der Waals surface area contributed by atoms with Gasteiger partial charge in [0, 0.05) is 11.0 Å². The number of carboxylic acids is 1. The van der Waals surface area contributed by atoms with Crippen molar-refractivity contribution in [2.45, 2.75) is 25.7 Å². The molecule has 0 aliphatic rings. The molecule has 112 valence electrons. The summed E-state index contributed by atoms with van der Waals surface area (Å²) in [6.07, 6.45) is 0. The number of nitrogens with zero attached hydrogens (tertiary/aromatic N) is 2. The summed E-state index contributed by atoms with van der Waals surface area (Å²) in [4.78, 5) is 22.9. The Balaban J connectivity index is 0.000000441. The molecule has 0 saturated heterocycles. The molecule has 0 atom stereocenters. The van der Waals surface area contributed by atoms with Gasteiger partial charge >= 0.3 is 5.97 Å². The summed E-state index contributed by atoms with van der Waals surface area (Å²) >= 11 is 3.88. The molecule has 0 radical (unpaired) electrons. The van der Waals surface area contributed by atoms with E-state index in [0.717, 1.165) is 12.1 Å². The second-order valence-electron chi connectivity index (χ2n) is 3.88. The second kappa shape index (κ2) is 9.33. The molecule has 0 saturated carbocycles. The minimum atomic E-state index is -1.33. The summed E-state index contributed by atoms with van der Waals surface area (Å²) < 4.78 is 0. The number of nitro groups is 1. The number of hydrogen-bond acceptors (Lipinski definition) is 5. The van der Waals surface area contributed by atoms with Crippen LogP contribution in [0.1, 0.15) is 31.1 Å². The van der Waals surface area contributed by atoms with Gasteiger partial charge in [-0.05, 0) is 31.8 Å². The zero-order chi connectivity index (χ0) is 15.7. The quantitative estimate of drug-likeness (QED) is 0.496. The van der Waals surface area contributed by atoms with E-state index < -0.39 is 16.6 Å². The zero-order valence-corrected chi connectivity index (χ0v) is 12.8. The van der Waals surface area contributed by atoms with Crippen LogP contribution in [0.5, 0.6) is 0 Å². The lowest BCUT2D eigenvalue weighted by molar-refractivity contribution is -0.385. The summed E-state index contributed by atoms with van der Waals surface area (Å²) in [5.41, 5.74) is -0.775. The summed E-state index contributed by atoms with van der Waals surface area (Å²) in [6.45, 7) is 10.1. The van der Waals surface area contributed by atoms with Crippen molar-refractivity contribution in [1.82, 2.24) is 4.90 Å². The van der Waals surface area contributed by atoms with Gasteiger partial charge in [0.25, 0.3) is 5.69 Å². The van der Waals surface area contributed by atoms with Crippen LogP contribution >= 0.6 is 12.6 Å². The Bertz CT molecular complexity index is 456. The first-order valence-corrected chi connectivity index (χ1v) is 6.75. The van der Waals surface area contributed by atoms with E-state index in [1.165, 1.54) is 25.7 Å². The van der Waals surface area contributed by atoms with Gasteiger partial charge in [-0.15, -0.1) is 12.6 Å². The van der Waals surface area contributed by atoms with Crippen LogP contribution in [0.15, 0.2) is 23.1 Å². The van der Waals surface area contributed by atoms with Gasteiger partial charge in [0.2, 0.25) is 0 Å². The zero-order valence-electron chi connectivity index (χ0n) is 11.9. The Labute approximate surface area is 124 Å². The Morgan fingerprint density at radius 3 is 2.10 bits per heavy atom. The van der Waals surface area contributed by atoms with Crippen molar-refractivity contribution in [3.05, 3.63) is 33.9 Å². The van der Waals surface area contributed by atoms with E-state index in [-0.39, 0.29) is 5.56 Å². The van der Waals surface area contributed by atoms with Crippen molar-refractivity contribution in [2.75, 3.05) is 19.6 Å². The van der Waals surface area contributed by atoms with Crippen LogP contribution < -0.4 is 0 Å². The van der Waals surface area contributed by atoms with Crippen LogP contribution in [0.25, 0.3) is 0 Å². The van der Waals surface area contributed by atoms with E-state index in [1.807, 2.05) is 0 Å². The Hall–Kier alpha value is -1.60. The van der Waals surface area contributed by atoms with Gasteiger partial charge in [0.15, 0.2) is 0 Å². The standard InChI is InChI=1S/C7H5NO4S.C6H15N/c9-7(10)5-3-4(13)1-2-6(5)8(11)12;1-4-7(5-2)6-3/h1-3,13H,(H,9,10);4-6H2,1-3H3. The van der Waals surface area contributed by atoms with E-state index in [2.05, 4.69) is 38.3 Å². The molecule has 0 aromatic heterocycles. The molecule has 0 bridgehead atoms. The van der Waals surface area contributed by atoms with Crippen molar-refractivity contribution >= 4 is 24.3 Å². The molecule has 0 unspecified atom stereocenters. The summed E-state index contributed by atoms with van der Waals surface area (Å²) in [7, 11) is 0. The number of rotatable bonds is 5. The molecular formula is C13H20N2O4S. The van der Waals surface area contributed by atoms with Gasteiger partial charge < -0.3 is 10.0 Å². The fraction of sp³-hybridized carbons (Fsp3) is 0.462. The molecular weight excluding hydrogens is 280 g/mol. The average Bonchev–Trinajstić information content (AvgIpc) is 2.41. The van der Waals surface area contributed by atoms with Gasteiger partial charge in [-0.2, -0.15) is 0 Å². The van der Waals surface area contributed by atoms with E-state index in [4.69, 9.17) is 5.11 Å². The molecule has 20 heavy (non-hydrogen) atoms. The highest BCUT2D eigenvalue weighted by molar-refractivity contribution is 7.80. The maximum absolute atomic E-state index is 10.5. The number of hydrogen-bond donors (Lipinski definition) is 2. The highest BCUT2D eigenvalue weighted by Crippen LogP contribution is 2.21. The van der Waals surface area contributed by atoms with Gasteiger partial charge in [0.05, 0.1) is 4.92 Å². The van der Waals surface area contributed by atoms with E-state index in [1.54, 1.807) is 0 Å². The summed E-state index contributed by atoms with van der Waals surface area (Å²) in [5.74, 6) is -1.33. The first-order valence-electron chi connectivity index (χ1n) is 6.30. The van der Waals surface area contributed by atoms with Crippen LogP contribution in [0, 0.1) is 10.1 Å². The number of aromatic carboxylic acids is 1. The van der Waals surface area contributed by atoms with Crippen molar-refractivity contribution in [1.29, 1.82) is 0 Å². The first-order chi connectivity index (χ1) is 9.37. The molecule has 7 heteroatoms. The van der Waals surface area contributed by atoms with Crippen LogP contribution in [0.4, 0.5) is 5.69 Å². The third-order valence-electron chi connectivity index (χ3n) is 2.75. The predicted molar refractivity (Wildman–Crippen MR) is 80.8 cm³/mol. The molecule has 0 amide bonds. The molecule has 0 spiro atoms. The Kier molecular flexibility index (Phi) is 8.58. The average molecular weight is 300 g/mol. The van der Waals surface area contributed by atoms with Crippen LogP contribution in [0.2, 0.25) is 0 Å². The van der Waals surface area contributed by atoms with Gasteiger partial charge in [-0.3, -0.25) is 10.1 Å². The topological polar surface area (TPSA) is 83.7 Å². The van der Waals surface area contributed by atoms with E-state index in [0.29, 0.717) is 4.90 Å². The molecule has 0 heterocycles. The first kappa shape index (κ1) is 18.4. The third kappa shape index (κ3) is 6.03. The van der Waals surface area contributed by atoms with E-state index >= 15 is 0 Å². The second-order valence-corrected chi connectivity index (χ2v) is 4.40. The van der Waals surface area contributed by atoms with Gasteiger partial charge in [-0.25, -0.2) is 4.79 Å². The van der Waals surface area contributed by atoms with Crippen LogP contribution in [-0.4, -0.2) is 40.5 Å². The van der Waals surface area contributed by atoms with Gasteiger partial charge in [-0.1, -0.05) is 20.8 Å². The number of carboxylic acid groups (broad SMARTS) is 1. The maximum Gasteiger partial charge on any atom is 0.342 e. The maximum atomic E-state index is 10.5. The van der Waals surface area contributed by atoms with Crippen molar-refractivity contribution in [3.8, 4) is 0 Å². The summed E-state index contributed by atoms with van der Waals surface area (Å²) in [6, 6.07) is 3.63. The lowest BCUT2D eigenvalue weighted by atomic mass is 10.2. The Morgan fingerprint density at radius 1 is 1.30 bits per heavy atom. The fourth-order valence-electron chi connectivity index (χ4n) is 1.53. The molecule has 1 rings (SSSR count). The highest BCUT2D eigenvalue weighted by atomic mass is 32.1. The number of thiol groups is 1. The molecule has 0 aliphatic heterocycles. The highest BCUT2D eigenvalue weighted by Gasteiger charge is 2.18. The smallest absolute Gasteiger partial charge is 0.342 e. The van der Waals surface area contributed by atoms with Crippen molar-refractivity contribution in [3.63, 3.8) is 0 Å². The minimum Gasteiger partial charge on any atom is -0.477 e. The molecule has 0 fully saturated rings. The minimum absolute atomic E-state index is 0.350. The van der Waals surface area contributed by atoms with Crippen molar-refractivity contribution in [2.24, 2.45) is 0 Å². The predicted octanol–water partition coefficient (Wildman–Crippen LogP) is 2.93. The molecule has 1 aromatic rings. The van der Waals surface area contributed by atoms with Crippen molar-refractivity contribution < 1.29 is 14.8 Å². The number of carbonyl (C=O) groups is 1. The number of nitro benzene ring substituents is 1. The monoisotopic (exact) mass is 300 g/mol. The molecule has 1 aromatic carbocycles. The number of benzene rings is 1. The Morgan fingerprint density at radius 2 is 1.80 bits per heavy atom. The van der Waals surface area contributed by atoms with Crippen LogP contribution in [0.3, 0.4) is 0 Å².